The van der Waals surface area contributed by atoms with Gasteiger partial charge in [0.2, 0.25) is 0 Å². The van der Waals surface area contributed by atoms with Crippen molar-refractivity contribution in [1.29, 1.82) is 0 Å². The van der Waals surface area contributed by atoms with Crippen molar-refractivity contribution in [3.63, 3.8) is 0 Å². The third-order valence-corrected chi connectivity index (χ3v) is 1.82. The highest BCUT2D eigenvalue weighted by atomic mass is 32.2. The average molecular weight is 199 g/mol. The van der Waals surface area contributed by atoms with E-state index in [4.69, 9.17) is 0 Å². The Morgan fingerprint density at radius 1 is 1.23 bits per heavy atom. The SMILES string of the molecule is O=C(NC[SH](=O)=O)c1ccccc1. The molecular formula is C8H9NO3S. The largest absolute Gasteiger partial charge is 0.338 e. The lowest BCUT2D eigenvalue weighted by Crippen LogP contribution is -2.24. The van der Waals surface area contributed by atoms with Gasteiger partial charge in [-0.3, -0.25) is 4.79 Å². The molecule has 0 aliphatic carbocycles. The molecule has 1 aromatic carbocycles. The summed E-state index contributed by atoms with van der Waals surface area (Å²) < 4.78 is 20.3. The van der Waals surface area contributed by atoms with E-state index in [1.165, 1.54) is 0 Å². The van der Waals surface area contributed by atoms with Crippen LogP contribution in [0.3, 0.4) is 0 Å². The number of carbonyl (C=O) groups is 1. The Morgan fingerprint density at radius 3 is 2.38 bits per heavy atom. The van der Waals surface area contributed by atoms with E-state index >= 15 is 0 Å². The lowest BCUT2D eigenvalue weighted by Gasteiger charge is -1.99. The molecule has 0 bridgehead atoms. The molecule has 5 heteroatoms. The van der Waals surface area contributed by atoms with Crippen LogP contribution in [0.25, 0.3) is 0 Å². The van der Waals surface area contributed by atoms with Crippen LogP contribution in [-0.2, 0) is 10.7 Å². The fraction of sp³-hybridized carbons (Fsp3) is 0.125. The minimum absolute atomic E-state index is 0.316. The van der Waals surface area contributed by atoms with Crippen LogP contribution < -0.4 is 5.32 Å². The molecule has 0 radical (unpaired) electrons. The van der Waals surface area contributed by atoms with E-state index < -0.39 is 10.7 Å². The van der Waals surface area contributed by atoms with Gasteiger partial charge in [-0.2, -0.15) is 0 Å². The van der Waals surface area contributed by atoms with Crippen LogP contribution in [0.5, 0.6) is 0 Å². The van der Waals surface area contributed by atoms with E-state index in [9.17, 15) is 13.2 Å². The summed E-state index contributed by atoms with van der Waals surface area (Å²) in [5, 5.41) is 2.26. The third-order valence-electron chi connectivity index (χ3n) is 1.40. The highest BCUT2D eigenvalue weighted by Gasteiger charge is 2.02. The van der Waals surface area contributed by atoms with E-state index in [1.54, 1.807) is 30.3 Å². The smallest absolute Gasteiger partial charge is 0.252 e. The minimum atomic E-state index is -2.56. The van der Waals surface area contributed by atoms with Crippen LogP contribution in [0.2, 0.25) is 0 Å². The van der Waals surface area contributed by atoms with Crippen molar-refractivity contribution in [2.24, 2.45) is 0 Å². The fourth-order valence-electron chi connectivity index (χ4n) is 0.828. The van der Waals surface area contributed by atoms with Gasteiger partial charge in [-0.15, -0.1) is 0 Å². The molecule has 0 aliphatic heterocycles. The summed E-state index contributed by atoms with van der Waals surface area (Å²) in [4.78, 5) is 11.2. The van der Waals surface area contributed by atoms with E-state index in [0.29, 0.717) is 5.56 Å². The van der Waals surface area contributed by atoms with Crippen LogP contribution in [0.1, 0.15) is 10.4 Å². The van der Waals surface area contributed by atoms with Gasteiger partial charge in [0, 0.05) is 5.56 Å². The zero-order chi connectivity index (χ0) is 9.68. The highest BCUT2D eigenvalue weighted by Crippen LogP contribution is 1.96. The maximum Gasteiger partial charge on any atom is 0.252 e. The van der Waals surface area contributed by atoms with Crippen molar-refractivity contribution < 1.29 is 13.2 Å². The second-order valence-corrected chi connectivity index (χ2v) is 3.34. The lowest BCUT2D eigenvalue weighted by molar-refractivity contribution is 0.0960. The molecule has 0 unspecified atom stereocenters. The molecule has 0 aliphatic rings. The van der Waals surface area contributed by atoms with E-state index in [1.807, 2.05) is 0 Å². The first kappa shape index (κ1) is 9.73. The molecule has 0 heterocycles. The van der Waals surface area contributed by atoms with Crippen LogP contribution in [0.15, 0.2) is 30.3 Å². The van der Waals surface area contributed by atoms with Gasteiger partial charge in [0.1, 0.15) is 5.88 Å². The van der Waals surface area contributed by atoms with Crippen LogP contribution in [0, 0.1) is 0 Å². The molecule has 1 aromatic rings. The molecule has 1 amide bonds. The molecule has 70 valence electrons. The zero-order valence-corrected chi connectivity index (χ0v) is 7.66. The quantitative estimate of drug-likeness (QED) is 0.673. The van der Waals surface area contributed by atoms with Crippen molar-refractivity contribution in [2.75, 3.05) is 5.88 Å². The Hall–Kier alpha value is -1.36. The Balaban J connectivity index is 2.59. The summed E-state index contributed by atoms with van der Waals surface area (Å²) in [7, 11) is -2.56. The van der Waals surface area contributed by atoms with Crippen molar-refractivity contribution in [2.45, 2.75) is 0 Å². The second kappa shape index (κ2) is 4.61. The van der Waals surface area contributed by atoms with Crippen LogP contribution in [0.4, 0.5) is 0 Å². The number of nitrogens with one attached hydrogen (secondary N) is 1. The molecule has 0 aromatic heterocycles. The molecule has 0 saturated heterocycles. The molecule has 13 heavy (non-hydrogen) atoms. The van der Waals surface area contributed by atoms with E-state index in [2.05, 4.69) is 5.32 Å². The van der Waals surface area contributed by atoms with Crippen molar-refractivity contribution in [3.05, 3.63) is 35.9 Å². The number of amides is 1. The summed E-state index contributed by atoms with van der Waals surface area (Å²) in [5.41, 5.74) is 0.458. The summed E-state index contributed by atoms with van der Waals surface area (Å²) in [6.45, 7) is 0. The highest BCUT2D eigenvalue weighted by molar-refractivity contribution is 7.72. The van der Waals surface area contributed by atoms with Crippen molar-refractivity contribution in [3.8, 4) is 0 Å². The normalized spacial score (nSPS) is 9.92. The van der Waals surface area contributed by atoms with Gasteiger partial charge in [-0.1, -0.05) is 18.2 Å². The van der Waals surface area contributed by atoms with Gasteiger partial charge in [-0.05, 0) is 12.1 Å². The Kier molecular flexibility index (Phi) is 3.45. The maximum absolute atomic E-state index is 11.2. The molecule has 4 nitrogen and oxygen atoms in total. The Labute approximate surface area is 77.5 Å². The maximum atomic E-state index is 11.2. The summed E-state index contributed by atoms with van der Waals surface area (Å²) >= 11 is 0. The first-order chi connectivity index (χ1) is 6.20. The van der Waals surface area contributed by atoms with Crippen LogP contribution in [-0.4, -0.2) is 20.2 Å². The number of carbonyl (C=O) groups excluding carboxylic acids is 1. The summed E-state index contributed by atoms with van der Waals surface area (Å²) in [5.74, 6) is -0.692. The van der Waals surface area contributed by atoms with Gasteiger partial charge < -0.3 is 5.32 Å². The molecule has 1 N–H and O–H groups in total. The number of benzene rings is 1. The van der Waals surface area contributed by atoms with E-state index in [0.717, 1.165) is 0 Å². The summed E-state index contributed by atoms with van der Waals surface area (Å²) in [6.07, 6.45) is 0. The average Bonchev–Trinajstić information content (AvgIpc) is 2.15. The zero-order valence-electron chi connectivity index (χ0n) is 6.77. The molecule has 1 rings (SSSR count). The van der Waals surface area contributed by atoms with Crippen molar-refractivity contribution >= 4 is 16.6 Å². The summed E-state index contributed by atoms with van der Waals surface area (Å²) in [6, 6.07) is 8.45. The predicted molar refractivity (Wildman–Crippen MR) is 49.1 cm³/mol. The van der Waals surface area contributed by atoms with Gasteiger partial charge in [0.15, 0.2) is 10.7 Å². The monoisotopic (exact) mass is 199 g/mol. The fourth-order valence-corrected chi connectivity index (χ4v) is 1.10. The molecular weight excluding hydrogens is 190 g/mol. The standard InChI is InChI=1S/C8H9NO3S/c10-8(9-6-13(11)12)7-4-2-1-3-5-7/h1-5,13H,6H2,(H,9,10). The first-order valence-corrected chi connectivity index (χ1v) is 5.01. The molecule has 0 spiro atoms. The third kappa shape index (κ3) is 3.25. The number of hydrogen-bond donors (Lipinski definition) is 2. The second-order valence-electron chi connectivity index (χ2n) is 2.36. The lowest BCUT2D eigenvalue weighted by atomic mass is 10.2. The molecule has 0 atom stereocenters. The Bertz CT molecular complexity index is 351. The molecule has 0 saturated carbocycles. The topological polar surface area (TPSA) is 63.2 Å². The predicted octanol–water partition coefficient (Wildman–Crippen LogP) is -0.0147. The number of hydrogen-bond acceptors (Lipinski definition) is 3. The van der Waals surface area contributed by atoms with Gasteiger partial charge in [0.05, 0.1) is 0 Å². The van der Waals surface area contributed by atoms with E-state index in [-0.39, 0.29) is 11.8 Å². The molecule has 0 fully saturated rings. The number of rotatable bonds is 3. The van der Waals surface area contributed by atoms with Gasteiger partial charge >= 0.3 is 0 Å². The number of thiol groups is 1. The Morgan fingerprint density at radius 2 is 1.85 bits per heavy atom. The minimum Gasteiger partial charge on any atom is -0.338 e. The van der Waals surface area contributed by atoms with Crippen molar-refractivity contribution in [1.82, 2.24) is 5.32 Å². The van der Waals surface area contributed by atoms with Gasteiger partial charge in [0.25, 0.3) is 5.91 Å². The van der Waals surface area contributed by atoms with Gasteiger partial charge in [-0.25, -0.2) is 8.42 Å². The van der Waals surface area contributed by atoms with Crippen LogP contribution >= 0.6 is 0 Å². The first-order valence-electron chi connectivity index (χ1n) is 3.65.